The van der Waals surface area contributed by atoms with Crippen molar-refractivity contribution in [3.05, 3.63) is 35.6 Å². The Labute approximate surface area is 115 Å². The molecule has 0 aliphatic carbocycles. The van der Waals surface area contributed by atoms with Gasteiger partial charge in [0.2, 0.25) is 0 Å². The van der Waals surface area contributed by atoms with Crippen LogP contribution in [0.1, 0.15) is 25.5 Å². The number of hydrogen-bond acceptors (Lipinski definition) is 3. The fourth-order valence-electron chi connectivity index (χ4n) is 1.95. The van der Waals surface area contributed by atoms with Gasteiger partial charge in [-0.15, -0.1) is 0 Å². The molecule has 1 atom stereocenters. The van der Waals surface area contributed by atoms with E-state index in [1.54, 1.807) is 6.07 Å². The summed E-state index contributed by atoms with van der Waals surface area (Å²) in [5, 5.41) is 3.17. The molecular weight excluding hydrogens is 243 g/mol. The van der Waals surface area contributed by atoms with E-state index in [4.69, 9.17) is 4.74 Å². The van der Waals surface area contributed by atoms with E-state index in [0.717, 1.165) is 13.1 Å². The van der Waals surface area contributed by atoms with Gasteiger partial charge in [-0.05, 0) is 34.0 Å². The molecule has 0 aromatic heterocycles. The second-order valence-corrected chi connectivity index (χ2v) is 5.04. The first-order chi connectivity index (χ1) is 9.04. The fourth-order valence-corrected chi connectivity index (χ4v) is 1.95. The lowest BCUT2D eigenvalue weighted by Crippen LogP contribution is -2.34. The van der Waals surface area contributed by atoms with Crippen LogP contribution in [0.2, 0.25) is 0 Å². The Balaban J connectivity index is 2.50. The summed E-state index contributed by atoms with van der Waals surface area (Å²) in [6.07, 6.45) is 0.250. The highest BCUT2D eigenvalue weighted by Gasteiger charge is 2.15. The van der Waals surface area contributed by atoms with Crippen LogP contribution in [0, 0.1) is 5.82 Å². The smallest absolute Gasteiger partial charge is 0.128 e. The zero-order valence-electron chi connectivity index (χ0n) is 12.3. The summed E-state index contributed by atoms with van der Waals surface area (Å²) in [5.74, 6) is -0.159. The standard InChI is InChI=1S/C15H25FN2O/c1-12(2)19-10-9-18(4)11-15(17-3)13-7-5-6-8-14(13)16/h5-8,12,15,17H,9-11H2,1-4H3. The van der Waals surface area contributed by atoms with Gasteiger partial charge in [-0.25, -0.2) is 4.39 Å². The highest BCUT2D eigenvalue weighted by Crippen LogP contribution is 2.17. The van der Waals surface area contributed by atoms with Crippen LogP contribution in [0.5, 0.6) is 0 Å². The molecule has 1 rings (SSSR count). The molecule has 1 aromatic rings. The van der Waals surface area contributed by atoms with Gasteiger partial charge in [0, 0.05) is 24.7 Å². The number of nitrogens with one attached hydrogen (secondary N) is 1. The normalized spacial score (nSPS) is 13.2. The maximum atomic E-state index is 13.8. The Morgan fingerprint density at radius 1 is 1.32 bits per heavy atom. The molecule has 0 fully saturated rings. The highest BCUT2D eigenvalue weighted by molar-refractivity contribution is 5.21. The minimum Gasteiger partial charge on any atom is -0.377 e. The Bertz CT molecular complexity index is 371. The third kappa shape index (κ3) is 5.68. The van der Waals surface area contributed by atoms with E-state index < -0.39 is 0 Å². The third-order valence-electron chi connectivity index (χ3n) is 3.05. The summed E-state index contributed by atoms with van der Waals surface area (Å²) >= 11 is 0. The van der Waals surface area contributed by atoms with Crippen LogP contribution in [0.25, 0.3) is 0 Å². The van der Waals surface area contributed by atoms with Gasteiger partial charge in [0.15, 0.2) is 0 Å². The van der Waals surface area contributed by atoms with Gasteiger partial charge >= 0.3 is 0 Å². The quantitative estimate of drug-likeness (QED) is 0.784. The van der Waals surface area contributed by atoms with E-state index in [-0.39, 0.29) is 18.0 Å². The topological polar surface area (TPSA) is 24.5 Å². The summed E-state index contributed by atoms with van der Waals surface area (Å²) < 4.78 is 19.3. The summed E-state index contributed by atoms with van der Waals surface area (Å²) in [5.41, 5.74) is 0.710. The van der Waals surface area contributed by atoms with Gasteiger partial charge in [-0.3, -0.25) is 0 Å². The van der Waals surface area contributed by atoms with E-state index in [0.29, 0.717) is 12.2 Å². The van der Waals surface area contributed by atoms with Gasteiger partial charge < -0.3 is 15.0 Å². The van der Waals surface area contributed by atoms with Crippen LogP contribution in [0.15, 0.2) is 24.3 Å². The molecule has 108 valence electrons. The number of likely N-dealkylation sites (N-methyl/N-ethyl adjacent to an activating group) is 2. The van der Waals surface area contributed by atoms with Gasteiger partial charge in [0.1, 0.15) is 5.82 Å². The molecule has 0 aliphatic rings. The van der Waals surface area contributed by atoms with Gasteiger partial charge in [0.05, 0.1) is 12.7 Å². The number of benzene rings is 1. The van der Waals surface area contributed by atoms with Crippen LogP contribution in [-0.4, -0.2) is 44.8 Å². The first-order valence-electron chi connectivity index (χ1n) is 6.76. The SMILES string of the molecule is CNC(CN(C)CCOC(C)C)c1ccccc1F. The zero-order chi connectivity index (χ0) is 14.3. The summed E-state index contributed by atoms with van der Waals surface area (Å²) in [6.45, 7) is 6.33. The molecule has 19 heavy (non-hydrogen) atoms. The van der Waals surface area contributed by atoms with E-state index >= 15 is 0 Å². The van der Waals surface area contributed by atoms with Crippen molar-refractivity contribution in [1.82, 2.24) is 10.2 Å². The molecular formula is C15H25FN2O. The van der Waals surface area contributed by atoms with Crippen molar-refractivity contribution >= 4 is 0 Å². The first kappa shape index (κ1) is 16.1. The molecule has 0 saturated heterocycles. The molecule has 0 amide bonds. The number of ether oxygens (including phenoxy) is 1. The molecule has 4 heteroatoms. The van der Waals surface area contributed by atoms with Crippen molar-refractivity contribution in [3.63, 3.8) is 0 Å². The molecule has 0 heterocycles. The second-order valence-electron chi connectivity index (χ2n) is 5.04. The molecule has 1 unspecified atom stereocenters. The number of rotatable bonds is 8. The van der Waals surface area contributed by atoms with Crippen molar-refractivity contribution in [2.75, 3.05) is 33.8 Å². The average molecular weight is 268 g/mol. The molecule has 3 nitrogen and oxygen atoms in total. The summed E-state index contributed by atoms with van der Waals surface area (Å²) in [7, 11) is 3.88. The van der Waals surface area contributed by atoms with Crippen LogP contribution in [-0.2, 0) is 4.74 Å². The van der Waals surface area contributed by atoms with Crippen LogP contribution in [0.3, 0.4) is 0 Å². The number of nitrogens with zero attached hydrogens (tertiary/aromatic N) is 1. The number of halogens is 1. The second kappa shape index (κ2) is 8.25. The molecule has 1 N–H and O–H groups in total. The molecule has 0 aliphatic heterocycles. The fraction of sp³-hybridized carbons (Fsp3) is 0.600. The van der Waals surface area contributed by atoms with E-state index in [1.165, 1.54) is 6.07 Å². The highest BCUT2D eigenvalue weighted by atomic mass is 19.1. The van der Waals surface area contributed by atoms with Crippen molar-refractivity contribution in [3.8, 4) is 0 Å². The maximum Gasteiger partial charge on any atom is 0.128 e. The zero-order valence-corrected chi connectivity index (χ0v) is 12.3. The van der Waals surface area contributed by atoms with Gasteiger partial charge in [-0.1, -0.05) is 18.2 Å². The van der Waals surface area contributed by atoms with E-state index in [9.17, 15) is 4.39 Å². The van der Waals surface area contributed by atoms with E-state index in [1.807, 2.05) is 40.1 Å². The average Bonchev–Trinajstić information content (AvgIpc) is 2.36. The maximum absolute atomic E-state index is 13.8. The van der Waals surface area contributed by atoms with Crippen LogP contribution in [0.4, 0.5) is 4.39 Å². The molecule has 1 aromatic carbocycles. The first-order valence-corrected chi connectivity index (χ1v) is 6.76. The van der Waals surface area contributed by atoms with Crippen molar-refractivity contribution in [2.45, 2.75) is 26.0 Å². The Hall–Kier alpha value is -0.970. The van der Waals surface area contributed by atoms with E-state index in [2.05, 4.69) is 10.2 Å². The molecule has 0 spiro atoms. The monoisotopic (exact) mass is 268 g/mol. The minimum absolute atomic E-state index is 0.00903. The minimum atomic E-state index is -0.159. The number of hydrogen-bond donors (Lipinski definition) is 1. The largest absolute Gasteiger partial charge is 0.377 e. The van der Waals surface area contributed by atoms with Crippen molar-refractivity contribution < 1.29 is 9.13 Å². The predicted octanol–water partition coefficient (Wildman–Crippen LogP) is 2.44. The van der Waals surface area contributed by atoms with Crippen LogP contribution >= 0.6 is 0 Å². The third-order valence-corrected chi connectivity index (χ3v) is 3.05. The Morgan fingerprint density at radius 2 is 2.00 bits per heavy atom. The Kier molecular flexibility index (Phi) is 6.99. The van der Waals surface area contributed by atoms with Crippen molar-refractivity contribution in [2.24, 2.45) is 0 Å². The summed E-state index contributed by atoms with van der Waals surface area (Å²) in [6, 6.07) is 6.90. The lowest BCUT2D eigenvalue weighted by molar-refractivity contribution is 0.0623. The molecule has 0 saturated carbocycles. The van der Waals surface area contributed by atoms with Crippen LogP contribution < -0.4 is 5.32 Å². The van der Waals surface area contributed by atoms with Gasteiger partial charge in [0.25, 0.3) is 0 Å². The lowest BCUT2D eigenvalue weighted by Gasteiger charge is -2.24. The molecule has 0 bridgehead atoms. The molecule has 0 radical (unpaired) electrons. The Morgan fingerprint density at radius 3 is 2.58 bits per heavy atom. The predicted molar refractivity (Wildman–Crippen MR) is 76.8 cm³/mol. The van der Waals surface area contributed by atoms with Crippen molar-refractivity contribution in [1.29, 1.82) is 0 Å². The lowest BCUT2D eigenvalue weighted by atomic mass is 10.1. The summed E-state index contributed by atoms with van der Waals surface area (Å²) in [4.78, 5) is 2.15. The van der Waals surface area contributed by atoms with Gasteiger partial charge in [-0.2, -0.15) is 0 Å².